The van der Waals surface area contributed by atoms with E-state index in [-0.39, 0.29) is 30.0 Å². The number of allylic oxidation sites excluding steroid dienone is 1. The van der Waals surface area contributed by atoms with Gasteiger partial charge < -0.3 is 35.9 Å². The molecule has 1 saturated heterocycles. The Hall–Kier alpha value is -3.47. The molecule has 3 aliphatic rings. The maximum atomic E-state index is 14.1. The van der Waals surface area contributed by atoms with Crippen LogP contribution in [-0.4, -0.2) is 76.0 Å². The average molecular weight is 516 g/mol. The molecule has 0 spiro atoms. The molecule has 0 unspecified atom stereocenters. The maximum absolute atomic E-state index is 14.1. The number of nitrogens with zero attached hydrogens (tertiary/aromatic N) is 2. The minimum absolute atomic E-state index is 0.173. The molecule has 3 heterocycles. The normalized spacial score (nSPS) is 18.7. The fourth-order valence-corrected chi connectivity index (χ4v) is 5.19. The van der Waals surface area contributed by atoms with Gasteiger partial charge in [-0.3, -0.25) is 5.41 Å². The summed E-state index contributed by atoms with van der Waals surface area (Å²) in [5.41, 5.74) is 3.57. The van der Waals surface area contributed by atoms with Gasteiger partial charge in [-0.05, 0) is 42.5 Å². The zero-order valence-electron chi connectivity index (χ0n) is 21.3. The van der Waals surface area contributed by atoms with Gasteiger partial charge in [0.05, 0.1) is 6.54 Å². The molecule has 200 valence electrons. The summed E-state index contributed by atoms with van der Waals surface area (Å²) in [7, 11) is 3.24. The minimum Gasteiger partial charge on any atom is -0.393 e. The Morgan fingerprint density at radius 1 is 1.19 bits per heavy atom. The molecule has 3 aliphatic heterocycles. The van der Waals surface area contributed by atoms with Crippen LogP contribution in [0.15, 0.2) is 29.6 Å². The molecular weight excluding hydrogens is 480 g/mol. The number of nitrogens with one attached hydrogen (secondary N) is 5. The summed E-state index contributed by atoms with van der Waals surface area (Å²) < 4.78 is 33.8. The van der Waals surface area contributed by atoms with Crippen molar-refractivity contribution in [3.8, 4) is 0 Å². The van der Waals surface area contributed by atoms with Gasteiger partial charge in [-0.25, -0.2) is 13.6 Å². The Labute approximate surface area is 215 Å². The minimum atomic E-state index is -2.74. The predicted octanol–water partition coefficient (Wildman–Crippen LogP) is 3.24. The number of hydrogen-bond donors (Lipinski definition) is 5. The van der Waals surface area contributed by atoms with E-state index in [1.54, 1.807) is 30.0 Å². The zero-order valence-corrected chi connectivity index (χ0v) is 21.3. The van der Waals surface area contributed by atoms with Crippen molar-refractivity contribution in [3.63, 3.8) is 0 Å². The lowest BCUT2D eigenvalue weighted by atomic mass is 9.96. The number of amides is 2. The first-order chi connectivity index (χ1) is 17.9. The van der Waals surface area contributed by atoms with Crippen LogP contribution in [-0.2, 0) is 11.2 Å². The molecule has 1 aromatic carbocycles. The third-order valence-corrected chi connectivity index (χ3v) is 7.15. The Bertz CT molecular complexity index is 1110. The Kier molecular flexibility index (Phi) is 8.42. The van der Waals surface area contributed by atoms with Crippen LogP contribution in [0.5, 0.6) is 0 Å². The fraction of sp³-hybridized carbons (Fsp3) is 0.500. The standard InChI is InChI=1S/C26H35F2N7O2/c1-31-14-17(13-29)19-11-16-3-8-35(23(16)12-20(19)24(27)28)25(30)21-15-34(26(36)32-2)7-4-22(21)33-18-5-9-37-10-6-18/h11-14,18,24,29-31,33H,3-10,15H2,1-2H3,(H,32,36)/b17-14+,29-13?,30-25?. The molecule has 2 amide bonds. The highest BCUT2D eigenvalue weighted by Crippen LogP contribution is 2.38. The lowest BCUT2D eigenvalue weighted by molar-refractivity contribution is 0.0798. The third kappa shape index (κ3) is 5.61. The van der Waals surface area contributed by atoms with Gasteiger partial charge in [0.25, 0.3) is 6.43 Å². The van der Waals surface area contributed by atoms with Crippen LogP contribution in [0.1, 0.15) is 42.4 Å². The number of halogens is 2. The zero-order chi connectivity index (χ0) is 26.5. The summed E-state index contributed by atoms with van der Waals surface area (Å²) in [6.07, 6.45) is 2.77. The highest BCUT2D eigenvalue weighted by Gasteiger charge is 2.33. The van der Waals surface area contributed by atoms with Gasteiger partial charge in [0.1, 0.15) is 5.84 Å². The number of carbonyl (C=O) groups is 1. The molecule has 37 heavy (non-hydrogen) atoms. The Balaban J connectivity index is 1.70. The molecule has 0 aromatic heterocycles. The van der Waals surface area contributed by atoms with Crippen LogP contribution in [0, 0.1) is 10.8 Å². The van der Waals surface area contributed by atoms with Crippen molar-refractivity contribution in [2.45, 2.75) is 38.2 Å². The van der Waals surface area contributed by atoms with Crippen molar-refractivity contribution >= 4 is 29.3 Å². The van der Waals surface area contributed by atoms with E-state index < -0.39 is 6.43 Å². The number of alkyl halides is 2. The summed E-state index contributed by atoms with van der Waals surface area (Å²) >= 11 is 0. The van der Waals surface area contributed by atoms with Crippen LogP contribution in [0.3, 0.4) is 0 Å². The van der Waals surface area contributed by atoms with Crippen molar-refractivity contribution in [2.75, 3.05) is 51.8 Å². The van der Waals surface area contributed by atoms with Gasteiger partial charge in [0, 0.05) is 93.4 Å². The van der Waals surface area contributed by atoms with Crippen molar-refractivity contribution in [2.24, 2.45) is 0 Å². The van der Waals surface area contributed by atoms with Crippen molar-refractivity contribution in [3.05, 3.63) is 46.3 Å². The lowest BCUT2D eigenvalue weighted by Crippen LogP contribution is -2.48. The fourth-order valence-electron chi connectivity index (χ4n) is 5.19. The molecule has 1 fully saturated rings. The lowest BCUT2D eigenvalue weighted by Gasteiger charge is -2.36. The van der Waals surface area contributed by atoms with Gasteiger partial charge in [0.2, 0.25) is 0 Å². The number of hydrogen-bond acceptors (Lipinski definition) is 6. The summed E-state index contributed by atoms with van der Waals surface area (Å²) in [4.78, 5) is 15.9. The van der Waals surface area contributed by atoms with E-state index in [0.717, 1.165) is 30.3 Å². The molecule has 5 N–H and O–H groups in total. The van der Waals surface area contributed by atoms with Gasteiger partial charge in [0.15, 0.2) is 0 Å². The molecule has 0 bridgehead atoms. The van der Waals surface area contributed by atoms with E-state index in [4.69, 9.17) is 15.6 Å². The number of urea groups is 1. The molecule has 9 nitrogen and oxygen atoms in total. The van der Waals surface area contributed by atoms with E-state index in [2.05, 4.69) is 16.0 Å². The number of ether oxygens (including phenoxy) is 1. The van der Waals surface area contributed by atoms with Gasteiger partial charge >= 0.3 is 6.03 Å². The molecule has 11 heteroatoms. The van der Waals surface area contributed by atoms with Crippen LogP contribution >= 0.6 is 0 Å². The first kappa shape index (κ1) is 26.6. The van der Waals surface area contributed by atoms with Gasteiger partial charge in [-0.2, -0.15) is 0 Å². The largest absolute Gasteiger partial charge is 0.393 e. The number of rotatable bonds is 7. The first-order valence-electron chi connectivity index (χ1n) is 12.6. The van der Waals surface area contributed by atoms with Crippen LogP contribution < -0.4 is 20.9 Å². The molecule has 1 aromatic rings. The second-order valence-corrected chi connectivity index (χ2v) is 9.37. The highest BCUT2D eigenvalue weighted by atomic mass is 19.3. The Morgan fingerprint density at radius 3 is 2.59 bits per heavy atom. The molecule has 4 rings (SSSR count). The topological polar surface area (TPSA) is 117 Å². The first-order valence-corrected chi connectivity index (χ1v) is 12.6. The van der Waals surface area contributed by atoms with Gasteiger partial charge in [-0.15, -0.1) is 0 Å². The van der Waals surface area contributed by atoms with E-state index >= 15 is 0 Å². The quantitative estimate of drug-likeness (QED) is 0.282. The summed E-state index contributed by atoms with van der Waals surface area (Å²) in [5.74, 6) is 0.216. The van der Waals surface area contributed by atoms with Gasteiger partial charge in [-0.1, -0.05) is 0 Å². The second-order valence-electron chi connectivity index (χ2n) is 9.37. The van der Waals surface area contributed by atoms with Crippen LogP contribution in [0.2, 0.25) is 0 Å². The number of amidine groups is 1. The van der Waals surface area contributed by atoms with Crippen LogP contribution in [0.25, 0.3) is 5.57 Å². The van der Waals surface area contributed by atoms with Crippen LogP contribution in [0.4, 0.5) is 19.3 Å². The second kappa shape index (κ2) is 11.7. The smallest absolute Gasteiger partial charge is 0.317 e. The summed E-state index contributed by atoms with van der Waals surface area (Å²) in [6.45, 7) is 2.63. The summed E-state index contributed by atoms with van der Waals surface area (Å²) in [6, 6.07) is 3.19. The third-order valence-electron chi connectivity index (χ3n) is 7.15. The van der Waals surface area contributed by atoms with Crippen molar-refractivity contribution in [1.82, 2.24) is 20.9 Å². The maximum Gasteiger partial charge on any atom is 0.317 e. The molecule has 0 aliphatic carbocycles. The SMILES string of the molecule is CN/C=C(\C=N)c1cc2c(cc1C(F)F)N(C(=N)C1=C(NC3CCOCC3)CCN(C(=O)NC)C1)CC2. The monoisotopic (exact) mass is 515 g/mol. The number of carbonyl (C=O) groups excluding carboxylic acids is 1. The Morgan fingerprint density at radius 2 is 1.95 bits per heavy atom. The number of anilines is 1. The highest BCUT2D eigenvalue weighted by molar-refractivity contribution is 6.11. The number of benzene rings is 1. The predicted molar refractivity (Wildman–Crippen MR) is 141 cm³/mol. The van der Waals surface area contributed by atoms with E-state index in [1.165, 1.54) is 12.3 Å². The number of fused-ring (bicyclic) bond motifs is 1. The van der Waals surface area contributed by atoms with Crippen molar-refractivity contribution < 1.29 is 18.3 Å². The molecular formula is C26H35F2N7O2. The molecule has 0 atom stereocenters. The average Bonchev–Trinajstić information content (AvgIpc) is 3.34. The van der Waals surface area contributed by atoms with E-state index in [1.807, 2.05) is 0 Å². The van der Waals surface area contributed by atoms with Crippen molar-refractivity contribution in [1.29, 1.82) is 10.8 Å². The molecule has 0 radical (unpaired) electrons. The van der Waals surface area contributed by atoms with E-state index in [0.29, 0.717) is 61.5 Å². The molecule has 0 saturated carbocycles. The van der Waals surface area contributed by atoms with E-state index in [9.17, 15) is 13.6 Å². The summed E-state index contributed by atoms with van der Waals surface area (Å²) in [5, 5.41) is 25.9.